The predicted octanol–water partition coefficient (Wildman–Crippen LogP) is 1.14. The zero-order valence-electron chi connectivity index (χ0n) is 15.6. The summed E-state index contributed by atoms with van der Waals surface area (Å²) in [6.07, 6.45) is 0.512. The fourth-order valence-electron chi connectivity index (χ4n) is 2.96. The van der Waals surface area contributed by atoms with Gasteiger partial charge in [0.2, 0.25) is 0 Å². The van der Waals surface area contributed by atoms with Gasteiger partial charge in [0.15, 0.2) is 0 Å². The zero-order chi connectivity index (χ0) is 19.8. The monoisotopic (exact) mass is 384 g/mol. The Hall–Kier alpha value is -2.90. The molecule has 1 aliphatic heterocycles. The molecule has 0 aliphatic carbocycles. The molecule has 0 aromatic heterocycles. The van der Waals surface area contributed by atoms with Gasteiger partial charge in [-0.25, -0.2) is 0 Å². The molecule has 1 aliphatic rings. The number of nitrogens with one attached hydrogen (secondary N) is 2. The van der Waals surface area contributed by atoms with Gasteiger partial charge in [-0.05, 0) is 41.5 Å². The largest absolute Gasteiger partial charge is 0.491 e. The molecule has 148 valence electrons. The van der Waals surface area contributed by atoms with Crippen LogP contribution in [-0.2, 0) is 11.2 Å². The van der Waals surface area contributed by atoms with Crippen molar-refractivity contribution >= 4 is 11.8 Å². The summed E-state index contributed by atoms with van der Waals surface area (Å²) >= 11 is 0. The van der Waals surface area contributed by atoms with Crippen molar-refractivity contribution in [1.29, 1.82) is 0 Å². The Labute approximate surface area is 163 Å². The lowest BCUT2D eigenvalue weighted by Crippen LogP contribution is -2.28. The van der Waals surface area contributed by atoms with Gasteiger partial charge in [0.25, 0.3) is 11.8 Å². The molecule has 2 amide bonds. The molecule has 0 spiro atoms. The average Bonchev–Trinajstić information content (AvgIpc) is 2.71. The first-order valence-corrected chi connectivity index (χ1v) is 9.27. The second-order valence-electron chi connectivity index (χ2n) is 6.40. The molecule has 28 heavy (non-hydrogen) atoms. The number of ether oxygens (including phenoxy) is 2. The molecule has 0 saturated carbocycles. The number of hydrogen-bond donors (Lipinski definition) is 3. The molecule has 3 rings (SSSR count). The van der Waals surface area contributed by atoms with Crippen molar-refractivity contribution in [2.24, 2.45) is 0 Å². The number of amides is 2. The number of rotatable bonds is 3. The summed E-state index contributed by atoms with van der Waals surface area (Å²) in [6, 6.07) is 12.6. The minimum atomic E-state index is -0.257. The van der Waals surface area contributed by atoms with E-state index in [9.17, 15) is 9.59 Å². The number of hydrogen-bond acceptors (Lipinski definition) is 5. The van der Waals surface area contributed by atoms with Crippen molar-refractivity contribution in [2.75, 3.05) is 39.5 Å². The first-order chi connectivity index (χ1) is 13.7. The van der Waals surface area contributed by atoms with Crippen LogP contribution in [0.1, 0.15) is 31.8 Å². The summed E-state index contributed by atoms with van der Waals surface area (Å²) in [7, 11) is 0. The highest BCUT2D eigenvalue weighted by Crippen LogP contribution is 2.24. The van der Waals surface area contributed by atoms with Crippen molar-refractivity contribution in [3.8, 4) is 5.75 Å². The number of benzene rings is 2. The molecule has 0 unspecified atom stereocenters. The lowest BCUT2D eigenvalue weighted by atomic mass is 9.99. The van der Waals surface area contributed by atoms with Crippen LogP contribution < -0.4 is 15.4 Å². The summed E-state index contributed by atoms with van der Waals surface area (Å²) in [5, 5.41) is 14.4. The first-order valence-electron chi connectivity index (χ1n) is 9.27. The third-order valence-corrected chi connectivity index (χ3v) is 4.32. The highest BCUT2D eigenvalue weighted by atomic mass is 16.5. The fraction of sp³-hybridized carbons (Fsp3) is 0.333. The van der Waals surface area contributed by atoms with Crippen LogP contribution in [0.25, 0.3) is 0 Å². The maximum atomic E-state index is 12.3. The molecule has 7 heteroatoms. The molecule has 1 heterocycles. The minimum Gasteiger partial charge on any atom is -0.491 e. The Morgan fingerprint density at radius 3 is 2.89 bits per heavy atom. The van der Waals surface area contributed by atoms with Crippen LogP contribution in [0.4, 0.5) is 0 Å². The number of carbonyl (C=O) groups is 2. The molecular formula is C21H24N2O5. The van der Waals surface area contributed by atoms with E-state index in [0.717, 1.165) is 11.1 Å². The average molecular weight is 384 g/mol. The van der Waals surface area contributed by atoms with Gasteiger partial charge >= 0.3 is 0 Å². The fourth-order valence-corrected chi connectivity index (χ4v) is 2.96. The number of carbonyl (C=O) groups excluding carboxylic acids is 2. The smallest absolute Gasteiger partial charge is 0.251 e. The lowest BCUT2D eigenvalue weighted by Gasteiger charge is -2.15. The molecule has 2 bridgehead atoms. The van der Waals surface area contributed by atoms with Gasteiger partial charge in [-0.2, -0.15) is 0 Å². The molecule has 3 N–H and O–H groups in total. The van der Waals surface area contributed by atoms with Gasteiger partial charge in [0, 0.05) is 30.6 Å². The van der Waals surface area contributed by atoms with Gasteiger partial charge in [-0.3, -0.25) is 9.59 Å². The number of aliphatic hydroxyl groups is 1. The normalized spacial score (nSPS) is 14.8. The van der Waals surface area contributed by atoms with E-state index in [2.05, 4.69) is 10.6 Å². The van der Waals surface area contributed by atoms with E-state index in [1.807, 2.05) is 18.2 Å². The second kappa shape index (κ2) is 9.87. The highest BCUT2D eigenvalue weighted by Gasteiger charge is 2.13. The van der Waals surface area contributed by atoms with Crippen molar-refractivity contribution in [1.82, 2.24) is 10.6 Å². The number of aliphatic hydroxyl groups excluding tert-OH is 1. The third kappa shape index (κ3) is 5.31. The quantitative estimate of drug-likeness (QED) is 0.737. The Morgan fingerprint density at radius 2 is 2.04 bits per heavy atom. The van der Waals surface area contributed by atoms with E-state index >= 15 is 0 Å². The molecule has 2 aromatic carbocycles. The van der Waals surface area contributed by atoms with Crippen molar-refractivity contribution in [3.63, 3.8) is 0 Å². The van der Waals surface area contributed by atoms with E-state index < -0.39 is 0 Å². The van der Waals surface area contributed by atoms with E-state index in [4.69, 9.17) is 14.6 Å². The minimum absolute atomic E-state index is 0.116. The van der Waals surface area contributed by atoms with Crippen LogP contribution in [0.5, 0.6) is 5.75 Å². The van der Waals surface area contributed by atoms with E-state index in [0.29, 0.717) is 49.7 Å². The van der Waals surface area contributed by atoms with Crippen molar-refractivity contribution in [2.45, 2.75) is 6.42 Å². The highest BCUT2D eigenvalue weighted by molar-refractivity contribution is 5.95. The Balaban J connectivity index is 1.91. The standard InChI is InChI=1S/C21H24N2O5/c24-8-6-22-21(26)17-4-5-19-18(14-17)13-15-2-1-3-16(12-15)20(25)23-7-9-27-10-11-28-19/h1-5,12,14,24H,6-11,13H2,(H,22,26)(H,23,25). The van der Waals surface area contributed by atoms with Crippen LogP contribution in [0, 0.1) is 0 Å². The van der Waals surface area contributed by atoms with Gasteiger partial charge in [-0.1, -0.05) is 12.1 Å². The van der Waals surface area contributed by atoms with E-state index in [1.54, 1.807) is 24.3 Å². The second-order valence-corrected chi connectivity index (χ2v) is 6.40. The maximum absolute atomic E-state index is 12.3. The third-order valence-electron chi connectivity index (χ3n) is 4.32. The Kier molecular flexibility index (Phi) is 7.00. The molecule has 2 aromatic rings. The molecule has 0 atom stereocenters. The predicted molar refractivity (Wildman–Crippen MR) is 104 cm³/mol. The van der Waals surface area contributed by atoms with Gasteiger partial charge in [0.1, 0.15) is 12.4 Å². The molecule has 0 fully saturated rings. The van der Waals surface area contributed by atoms with Gasteiger partial charge in [0.05, 0.1) is 19.8 Å². The van der Waals surface area contributed by atoms with Crippen LogP contribution in [-0.4, -0.2) is 56.4 Å². The first kappa shape index (κ1) is 19.9. The summed E-state index contributed by atoms with van der Waals surface area (Å²) < 4.78 is 11.3. The summed E-state index contributed by atoms with van der Waals surface area (Å²) in [6.45, 7) is 1.70. The van der Waals surface area contributed by atoms with Gasteiger partial charge < -0.3 is 25.2 Å². The summed E-state index contributed by atoms with van der Waals surface area (Å²) in [5.74, 6) is 0.276. The van der Waals surface area contributed by atoms with Crippen LogP contribution in [0.15, 0.2) is 42.5 Å². The Morgan fingerprint density at radius 1 is 1.14 bits per heavy atom. The molecule has 7 nitrogen and oxygen atoms in total. The van der Waals surface area contributed by atoms with Crippen LogP contribution >= 0.6 is 0 Å². The van der Waals surface area contributed by atoms with E-state index in [1.165, 1.54) is 0 Å². The van der Waals surface area contributed by atoms with E-state index in [-0.39, 0.29) is 25.0 Å². The zero-order valence-corrected chi connectivity index (χ0v) is 15.6. The Bertz CT molecular complexity index is 837. The molecular weight excluding hydrogens is 360 g/mol. The van der Waals surface area contributed by atoms with Crippen molar-refractivity contribution in [3.05, 3.63) is 64.7 Å². The molecule has 0 saturated heterocycles. The summed E-state index contributed by atoms with van der Waals surface area (Å²) in [4.78, 5) is 24.5. The van der Waals surface area contributed by atoms with Crippen molar-refractivity contribution < 1.29 is 24.2 Å². The van der Waals surface area contributed by atoms with Crippen LogP contribution in [0.2, 0.25) is 0 Å². The summed E-state index contributed by atoms with van der Waals surface area (Å²) in [5.41, 5.74) is 2.85. The maximum Gasteiger partial charge on any atom is 0.251 e. The number of fused-ring (bicyclic) bond motifs is 3. The van der Waals surface area contributed by atoms with Gasteiger partial charge in [-0.15, -0.1) is 0 Å². The topological polar surface area (TPSA) is 96.9 Å². The molecule has 0 radical (unpaired) electrons. The van der Waals surface area contributed by atoms with Crippen LogP contribution in [0.3, 0.4) is 0 Å². The lowest BCUT2D eigenvalue weighted by molar-refractivity contribution is 0.0865. The SMILES string of the molecule is O=C(NCCO)c1ccc2c(c1)Cc1cccc(c1)C(=O)NCCOCCO2.